The first-order valence-electron chi connectivity index (χ1n) is 10.2. The molecule has 0 aromatic heterocycles. The lowest BCUT2D eigenvalue weighted by Crippen LogP contribution is -2.60. The highest BCUT2D eigenvalue weighted by atomic mass is 19.1. The standard InChI is InChI=1S/C23H24FN3O2/c24-15-8-6-7-14(13-15)18-19(20(25)28)27-22(11-4-1-5-12-22)23(18)16-9-2-3-10-17(16)26-21(23)29/h2-3,6-10,13,18-19,27H,1,4-5,11-12H2,(H2,25,28)(H,26,29). The monoisotopic (exact) mass is 393 g/mol. The Bertz CT molecular complexity index is 1000. The van der Waals surface area contributed by atoms with E-state index >= 15 is 0 Å². The van der Waals surface area contributed by atoms with Crippen LogP contribution in [0.15, 0.2) is 48.5 Å². The van der Waals surface area contributed by atoms with Crippen molar-refractivity contribution in [1.29, 1.82) is 0 Å². The SMILES string of the molecule is NC(=O)C1NC2(CCCCC2)C2(C(=O)Nc3ccccc32)C1c1cccc(F)c1. The number of para-hydroxylation sites is 1. The normalized spacial score (nSPS) is 29.8. The summed E-state index contributed by atoms with van der Waals surface area (Å²) in [5.74, 6) is -1.63. The Balaban J connectivity index is 1.83. The highest BCUT2D eigenvalue weighted by Gasteiger charge is 2.71. The van der Waals surface area contributed by atoms with Crippen LogP contribution in [0, 0.1) is 5.82 Å². The van der Waals surface area contributed by atoms with E-state index < -0.39 is 34.6 Å². The summed E-state index contributed by atoms with van der Waals surface area (Å²) in [5.41, 5.74) is 6.48. The van der Waals surface area contributed by atoms with E-state index in [0.717, 1.165) is 43.4 Å². The van der Waals surface area contributed by atoms with Crippen molar-refractivity contribution in [2.45, 2.75) is 55.0 Å². The molecule has 0 bridgehead atoms. The molecule has 3 atom stereocenters. The molecule has 2 heterocycles. The molecule has 2 aromatic carbocycles. The molecule has 2 aliphatic heterocycles. The summed E-state index contributed by atoms with van der Waals surface area (Å²) in [7, 11) is 0. The molecule has 1 saturated heterocycles. The van der Waals surface area contributed by atoms with Gasteiger partial charge in [0.1, 0.15) is 11.2 Å². The zero-order chi connectivity index (χ0) is 20.2. The molecule has 1 aliphatic carbocycles. The number of fused-ring (bicyclic) bond motifs is 3. The van der Waals surface area contributed by atoms with E-state index in [4.69, 9.17) is 5.73 Å². The smallest absolute Gasteiger partial charge is 0.237 e. The summed E-state index contributed by atoms with van der Waals surface area (Å²) in [5, 5.41) is 6.57. The molecule has 3 aliphatic rings. The van der Waals surface area contributed by atoms with Crippen LogP contribution in [0.1, 0.15) is 49.1 Å². The van der Waals surface area contributed by atoms with E-state index in [9.17, 15) is 14.0 Å². The second kappa shape index (κ2) is 6.39. The Labute approximate surface area is 168 Å². The Morgan fingerprint density at radius 2 is 1.83 bits per heavy atom. The van der Waals surface area contributed by atoms with Crippen LogP contribution < -0.4 is 16.4 Å². The summed E-state index contributed by atoms with van der Waals surface area (Å²) in [4.78, 5) is 26.4. The number of rotatable bonds is 2. The zero-order valence-corrected chi connectivity index (χ0v) is 16.1. The van der Waals surface area contributed by atoms with Crippen molar-refractivity contribution in [2.24, 2.45) is 5.73 Å². The lowest BCUT2D eigenvalue weighted by molar-refractivity contribution is -0.124. The maximum Gasteiger partial charge on any atom is 0.237 e. The Morgan fingerprint density at radius 3 is 2.55 bits per heavy atom. The van der Waals surface area contributed by atoms with Crippen molar-refractivity contribution in [2.75, 3.05) is 5.32 Å². The third kappa shape index (κ3) is 2.35. The van der Waals surface area contributed by atoms with Gasteiger partial charge in [0.25, 0.3) is 0 Å². The molecule has 1 saturated carbocycles. The van der Waals surface area contributed by atoms with Crippen molar-refractivity contribution in [3.63, 3.8) is 0 Å². The van der Waals surface area contributed by atoms with Crippen LogP contribution in [-0.4, -0.2) is 23.4 Å². The van der Waals surface area contributed by atoms with Gasteiger partial charge in [-0.3, -0.25) is 14.9 Å². The molecule has 29 heavy (non-hydrogen) atoms. The number of hydrogen-bond acceptors (Lipinski definition) is 3. The van der Waals surface area contributed by atoms with Gasteiger partial charge in [0.2, 0.25) is 11.8 Å². The van der Waals surface area contributed by atoms with Crippen LogP contribution in [0.2, 0.25) is 0 Å². The highest BCUT2D eigenvalue weighted by Crippen LogP contribution is 2.62. The molecule has 150 valence electrons. The fourth-order valence-electron chi connectivity index (χ4n) is 6.18. The number of carbonyl (C=O) groups is 2. The Morgan fingerprint density at radius 1 is 1.07 bits per heavy atom. The molecule has 0 radical (unpaired) electrons. The molecule has 3 unspecified atom stereocenters. The van der Waals surface area contributed by atoms with Gasteiger partial charge in [-0.05, 0) is 42.2 Å². The zero-order valence-electron chi connectivity index (χ0n) is 16.1. The van der Waals surface area contributed by atoms with E-state index in [0.29, 0.717) is 5.56 Å². The van der Waals surface area contributed by atoms with Crippen LogP contribution in [0.3, 0.4) is 0 Å². The van der Waals surface area contributed by atoms with Crippen molar-refractivity contribution in [1.82, 2.24) is 5.32 Å². The minimum absolute atomic E-state index is 0.133. The molecular weight excluding hydrogens is 369 g/mol. The van der Waals surface area contributed by atoms with E-state index in [2.05, 4.69) is 10.6 Å². The molecule has 2 amide bonds. The number of nitrogens with one attached hydrogen (secondary N) is 2. The van der Waals surface area contributed by atoms with Gasteiger partial charge in [0.15, 0.2) is 0 Å². The van der Waals surface area contributed by atoms with Crippen LogP contribution >= 0.6 is 0 Å². The minimum atomic E-state index is -1.02. The molecule has 6 heteroatoms. The average molecular weight is 393 g/mol. The van der Waals surface area contributed by atoms with E-state index in [-0.39, 0.29) is 5.91 Å². The molecule has 4 N–H and O–H groups in total. The van der Waals surface area contributed by atoms with E-state index in [1.54, 1.807) is 12.1 Å². The van der Waals surface area contributed by atoms with Crippen molar-refractivity contribution in [3.05, 3.63) is 65.5 Å². The number of primary amides is 1. The number of nitrogens with two attached hydrogens (primary N) is 1. The molecule has 2 fully saturated rings. The molecule has 2 spiro atoms. The topological polar surface area (TPSA) is 84.2 Å². The minimum Gasteiger partial charge on any atom is -0.368 e. The van der Waals surface area contributed by atoms with Crippen molar-refractivity contribution >= 4 is 17.5 Å². The van der Waals surface area contributed by atoms with Crippen LogP contribution in [0.4, 0.5) is 10.1 Å². The first-order valence-corrected chi connectivity index (χ1v) is 10.2. The number of hydrogen-bond donors (Lipinski definition) is 3. The molecular formula is C23H24FN3O2. The summed E-state index contributed by atoms with van der Waals surface area (Å²) in [6.45, 7) is 0. The molecule has 5 nitrogen and oxygen atoms in total. The van der Waals surface area contributed by atoms with Gasteiger partial charge < -0.3 is 11.1 Å². The fraction of sp³-hybridized carbons (Fsp3) is 0.391. The number of benzene rings is 2. The van der Waals surface area contributed by atoms with Gasteiger partial charge in [0.05, 0.1) is 6.04 Å². The van der Waals surface area contributed by atoms with Gasteiger partial charge >= 0.3 is 0 Å². The first kappa shape index (κ1) is 18.3. The second-order valence-corrected chi connectivity index (χ2v) is 8.51. The summed E-state index contributed by atoms with van der Waals surface area (Å²) in [6, 6.07) is 13.1. The molecule has 5 rings (SSSR count). The van der Waals surface area contributed by atoms with E-state index in [1.807, 2.05) is 24.3 Å². The van der Waals surface area contributed by atoms with Crippen LogP contribution in [0.25, 0.3) is 0 Å². The lowest BCUT2D eigenvalue weighted by Gasteiger charge is -2.47. The average Bonchev–Trinajstić information content (AvgIpc) is 3.17. The van der Waals surface area contributed by atoms with Crippen molar-refractivity contribution in [3.8, 4) is 0 Å². The van der Waals surface area contributed by atoms with Gasteiger partial charge in [0, 0.05) is 17.1 Å². The number of amides is 2. The second-order valence-electron chi connectivity index (χ2n) is 8.51. The predicted molar refractivity (Wildman–Crippen MR) is 108 cm³/mol. The van der Waals surface area contributed by atoms with Crippen molar-refractivity contribution < 1.29 is 14.0 Å². The Hall–Kier alpha value is -2.73. The number of carbonyl (C=O) groups excluding carboxylic acids is 2. The largest absolute Gasteiger partial charge is 0.368 e. The van der Waals surface area contributed by atoms with Gasteiger partial charge in [-0.1, -0.05) is 49.6 Å². The summed E-state index contributed by atoms with van der Waals surface area (Å²) >= 11 is 0. The van der Waals surface area contributed by atoms with Gasteiger partial charge in [-0.25, -0.2) is 4.39 Å². The van der Waals surface area contributed by atoms with Gasteiger partial charge in [-0.2, -0.15) is 0 Å². The summed E-state index contributed by atoms with van der Waals surface area (Å²) < 4.78 is 14.2. The summed E-state index contributed by atoms with van der Waals surface area (Å²) in [6.07, 6.45) is 4.56. The van der Waals surface area contributed by atoms with Crippen LogP contribution in [-0.2, 0) is 15.0 Å². The van der Waals surface area contributed by atoms with E-state index in [1.165, 1.54) is 12.1 Å². The third-order valence-corrected chi connectivity index (χ3v) is 7.17. The Kier molecular flexibility index (Phi) is 4.03. The highest BCUT2D eigenvalue weighted by molar-refractivity contribution is 6.09. The quantitative estimate of drug-likeness (QED) is 0.733. The lowest BCUT2D eigenvalue weighted by atomic mass is 9.55. The fourth-order valence-corrected chi connectivity index (χ4v) is 6.18. The molecule has 2 aromatic rings. The van der Waals surface area contributed by atoms with Gasteiger partial charge in [-0.15, -0.1) is 0 Å². The maximum absolute atomic E-state index is 14.2. The number of anilines is 1. The number of halogens is 1. The maximum atomic E-state index is 14.2. The third-order valence-electron chi connectivity index (χ3n) is 7.17. The predicted octanol–water partition coefficient (Wildman–Crippen LogP) is 2.96. The first-order chi connectivity index (χ1) is 14.0. The van der Waals surface area contributed by atoms with Crippen LogP contribution in [0.5, 0.6) is 0 Å².